The number of H-pyrrole nitrogens is 1. The molecule has 0 saturated carbocycles. The van der Waals surface area contributed by atoms with Gasteiger partial charge in [-0.1, -0.05) is 0 Å². The van der Waals surface area contributed by atoms with E-state index in [4.69, 9.17) is 4.74 Å². The maximum atomic E-state index is 11.8. The van der Waals surface area contributed by atoms with E-state index < -0.39 is 6.10 Å². The van der Waals surface area contributed by atoms with Gasteiger partial charge >= 0.3 is 0 Å². The van der Waals surface area contributed by atoms with Gasteiger partial charge in [0.15, 0.2) is 0 Å². The number of ether oxygens (including phenoxy) is 1. The van der Waals surface area contributed by atoms with E-state index in [1.54, 1.807) is 6.07 Å². The Balaban J connectivity index is 1.79. The summed E-state index contributed by atoms with van der Waals surface area (Å²) in [5.74, 6) is -0.242. The summed E-state index contributed by atoms with van der Waals surface area (Å²) in [6.45, 7) is 5.24. The average molecular weight is 268 g/mol. The highest BCUT2D eigenvalue weighted by atomic mass is 16.5. The minimum atomic E-state index is -0.548. The van der Waals surface area contributed by atoms with Crippen molar-refractivity contribution in [1.29, 1.82) is 0 Å². The molecule has 0 spiro atoms. The topological polar surface area (TPSA) is 90.5 Å². The van der Waals surface area contributed by atoms with Gasteiger partial charge in [0.05, 0.1) is 18.8 Å². The van der Waals surface area contributed by atoms with Gasteiger partial charge in [0.25, 0.3) is 5.91 Å². The first-order chi connectivity index (χ1) is 9.20. The molecule has 0 aliphatic carbocycles. The van der Waals surface area contributed by atoms with Crippen LogP contribution in [0, 0.1) is 0 Å². The number of β-amino-alcohol motifs (C(OH)–C–C–N with tert-alkyl or cyclic N) is 1. The Hall–Kier alpha value is -1.44. The van der Waals surface area contributed by atoms with Gasteiger partial charge in [0, 0.05) is 32.4 Å². The minimum Gasteiger partial charge on any atom is -0.390 e. The fourth-order valence-corrected chi connectivity index (χ4v) is 2.16. The molecule has 106 valence electrons. The van der Waals surface area contributed by atoms with Crippen molar-refractivity contribution < 1.29 is 14.6 Å². The number of hydrogen-bond donors (Lipinski definition) is 3. The molecule has 1 aliphatic heterocycles. The maximum absolute atomic E-state index is 11.8. The number of aliphatic hydroxyl groups excluding tert-OH is 1. The number of likely N-dealkylation sites (tertiary alicyclic amines) is 1. The highest BCUT2D eigenvalue weighted by Gasteiger charge is 2.32. The molecule has 7 nitrogen and oxygen atoms in total. The molecule has 0 unspecified atom stereocenters. The molecule has 19 heavy (non-hydrogen) atoms. The molecule has 1 saturated heterocycles. The number of aromatic nitrogens is 2. The molecule has 1 fully saturated rings. The second kappa shape index (κ2) is 6.65. The SMILES string of the molecule is CCOCCN1C[C@@H](O)[C@H](NC(=O)c2ccn[nH]2)C1. The summed E-state index contributed by atoms with van der Waals surface area (Å²) >= 11 is 0. The standard InChI is InChI=1S/C12H20N4O3/c1-2-19-6-5-16-7-10(11(17)8-16)14-12(18)9-3-4-13-15-9/h3-4,10-11,17H,2,5-8H2,1H3,(H,13,15)(H,14,18)/t10-,11-/m1/s1. The predicted octanol–water partition coefficient (Wildman–Crippen LogP) is -0.779. The number of nitrogens with zero attached hydrogens (tertiary/aromatic N) is 2. The van der Waals surface area contributed by atoms with E-state index in [0.29, 0.717) is 32.0 Å². The Morgan fingerprint density at radius 3 is 3.21 bits per heavy atom. The minimum absolute atomic E-state index is 0.242. The van der Waals surface area contributed by atoms with Crippen LogP contribution in [0.2, 0.25) is 0 Å². The Morgan fingerprint density at radius 1 is 1.68 bits per heavy atom. The van der Waals surface area contributed by atoms with Crippen LogP contribution >= 0.6 is 0 Å². The van der Waals surface area contributed by atoms with E-state index in [-0.39, 0.29) is 11.9 Å². The molecule has 0 bridgehead atoms. The molecular formula is C12H20N4O3. The van der Waals surface area contributed by atoms with E-state index in [1.165, 1.54) is 6.20 Å². The number of amides is 1. The van der Waals surface area contributed by atoms with E-state index in [9.17, 15) is 9.90 Å². The molecule has 2 atom stereocenters. The van der Waals surface area contributed by atoms with Gasteiger partial charge in [-0.2, -0.15) is 5.10 Å². The first-order valence-corrected chi connectivity index (χ1v) is 6.49. The van der Waals surface area contributed by atoms with Crippen molar-refractivity contribution in [2.24, 2.45) is 0 Å². The lowest BCUT2D eigenvalue weighted by Crippen LogP contribution is -2.43. The number of nitrogens with one attached hydrogen (secondary N) is 2. The monoisotopic (exact) mass is 268 g/mol. The summed E-state index contributed by atoms with van der Waals surface area (Å²) in [6, 6.07) is 1.35. The Kier molecular flexibility index (Phi) is 4.89. The van der Waals surface area contributed by atoms with Crippen LogP contribution < -0.4 is 5.32 Å². The summed E-state index contributed by atoms with van der Waals surface area (Å²) in [7, 11) is 0. The smallest absolute Gasteiger partial charge is 0.269 e. The van der Waals surface area contributed by atoms with Gasteiger partial charge < -0.3 is 15.2 Å². The molecule has 0 aromatic carbocycles. The van der Waals surface area contributed by atoms with Gasteiger partial charge in [0.2, 0.25) is 0 Å². The zero-order valence-corrected chi connectivity index (χ0v) is 11.0. The number of carbonyl (C=O) groups excluding carboxylic acids is 1. The maximum Gasteiger partial charge on any atom is 0.269 e. The van der Waals surface area contributed by atoms with Crippen LogP contribution in [0.3, 0.4) is 0 Å². The lowest BCUT2D eigenvalue weighted by molar-refractivity contribution is 0.0882. The fourth-order valence-electron chi connectivity index (χ4n) is 2.16. The van der Waals surface area contributed by atoms with E-state index in [2.05, 4.69) is 20.4 Å². The zero-order valence-electron chi connectivity index (χ0n) is 11.0. The molecular weight excluding hydrogens is 248 g/mol. The van der Waals surface area contributed by atoms with E-state index >= 15 is 0 Å². The second-order valence-corrected chi connectivity index (χ2v) is 4.57. The van der Waals surface area contributed by atoms with Crippen molar-refractivity contribution in [1.82, 2.24) is 20.4 Å². The van der Waals surface area contributed by atoms with Gasteiger partial charge in [0.1, 0.15) is 5.69 Å². The average Bonchev–Trinajstić information content (AvgIpc) is 3.01. The van der Waals surface area contributed by atoms with Crippen molar-refractivity contribution in [3.05, 3.63) is 18.0 Å². The molecule has 2 heterocycles. The van der Waals surface area contributed by atoms with Crippen molar-refractivity contribution >= 4 is 5.91 Å². The van der Waals surface area contributed by atoms with Crippen LogP contribution in [0.4, 0.5) is 0 Å². The van der Waals surface area contributed by atoms with E-state index in [0.717, 1.165) is 6.54 Å². The lowest BCUT2D eigenvalue weighted by atomic mass is 10.2. The van der Waals surface area contributed by atoms with Crippen LogP contribution in [0.5, 0.6) is 0 Å². The Morgan fingerprint density at radius 2 is 2.53 bits per heavy atom. The fraction of sp³-hybridized carbons (Fsp3) is 0.667. The van der Waals surface area contributed by atoms with Crippen molar-refractivity contribution in [3.8, 4) is 0 Å². The van der Waals surface area contributed by atoms with E-state index in [1.807, 2.05) is 6.92 Å². The third kappa shape index (κ3) is 3.76. The second-order valence-electron chi connectivity index (χ2n) is 4.57. The van der Waals surface area contributed by atoms with Crippen LogP contribution in [-0.2, 0) is 4.74 Å². The first kappa shape index (κ1) is 14.0. The number of carbonyl (C=O) groups is 1. The lowest BCUT2D eigenvalue weighted by Gasteiger charge is -2.16. The van der Waals surface area contributed by atoms with Crippen LogP contribution in [0.15, 0.2) is 12.3 Å². The number of hydrogen-bond acceptors (Lipinski definition) is 5. The quantitative estimate of drug-likeness (QED) is 0.589. The summed E-state index contributed by atoms with van der Waals surface area (Å²) in [6.07, 6.45) is 0.975. The highest BCUT2D eigenvalue weighted by Crippen LogP contribution is 2.10. The third-order valence-corrected chi connectivity index (χ3v) is 3.18. The highest BCUT2D eigenvalue weighted by molar-refractivity contribution is 5.92. The molecule has 2 rings (SSSR count). The normalized spacial score (nSPS) is 23.7. The first-order valence-electron chi connectivity index (χ1n) is 6.49. The summed E-state index contributed by atoms with van der Waals surface area (Å²) in [5, 5.41) is 19.1. The largest absolute Gasteiger partial charge is 0.390 e. The van der Waals surface area contributed by atoms with Crippen molar-refractivity contribution in [2.75, 3.05) is 32.8 Å². The molecule has 1 aromatic rings. The third-order valence-electron chi connectivity index (χ3n) is 3.18. The molecule has 3 N–H and O–H groups in total. The van der Waals surface area contributed by atoms with Gasteiger partial charge in [-0.05, 0) is 13.0 Å². The van der Waals surface area contributed by atoms with Crippen LogP contribution in [0.1, 0.15) is 17.4 Å². The van der Waals surface area contributed by atoms with Crippen LogP contribution in [-0.4, -0.2) is 71.1 Å². The number of rotatable bonds is 6. The van der Waals surface area contributed by atoms with Gasteiger partial charge in [-0.15, -0.1) is 0 Å². The zero-order chi connectivity index (χ0) is 13.7. The Bertz CT molecular complexity index is 396. The van der Waals surface area contributed by atoms with Gasteiger partial charge in [-0.25, -0.2) is 0 Å². The number of aliphatic hydroxyl groups is 1. The molecule has 1 aromatic heterocycles. The Labute approximate surface area is 111 Å². The molecule has 0 radical (unpaired) electrons. The summed E-state index contributed by atoms with van der Waals surface area (Å²) in [4.78, 5) is 13.9. The predicted molar refractivity (Wildman–Crippen MR) is 68.8 cm³/mol. The van der Waals surface area contributed by atoms with Crippen molar-refractivity contribution in [2.45, 2.75) is 19.1 Å². The van der Waals surface area contributed by atoms with Gasteiger partial charge in [-0.3, -0.25) is 14.8 Å². The summed E-state index contributed by atoms with van der Waals surface area (Å²) in [5.41, 5.74) is 0.403. The molecule has 7 heteroatoms. The molecule has 1 amide bonds. The molecule has 1 aliphatic rings. The van der Waals surface area contributed by atoms with Crippen LogP contribution in [0.25, 0.3) is 0 Å². The number of aromatic amines is 1. The summed E-state index contributed by atoms with van der Waals surface area (Å²) < 4.78 is 5.28. The van der Waals surface area contributed by atoms with Crippen molar-refractivity contribution in [3.63, 3.8) is 0 Å².